The van der Waals surface area contributed by atoms with Gasteiger partial charge in [-0.2, -0.15) is 0 Å². The smallest absolute Gasteiger partial charge is 0.138 e. The molecule has 1 aromatic rings. The van der Waals surface area contributed by atoms with Gasteiger partial charge in [0, 0.05) is 0 Å². The lowest BCUT2D eigenvalue weighted by Crippen LogP contribution is -2.25. The van der Waals surface area contributed by atoms with Gasteiger partial charge in [0.05, 0.1) is 17.7 Å². The lowest BCUT2D eigenvalue weighted by atomic mass is 10.2. The van der Waals surface area contributed by atoms with E-state index in [-0.39, 0.29) is 19.3 Å². The summed E-state index contributed by atoms with van der Waals surface area (Å²) in [6, 6.07) is 5.56. The predicted octanol–water partition coefficient (Wildman–Crippen LogP) is 2.81. The lowest BCUT2D eigenvalue weighted by molar-refractivity contribution is -0.0122. The second-order valence-electron chi connectivity index (χ2n) is 4.23. The number of ether oxygens (including phenoxy) is 2. The minimum absolute atomic E-state index is 0.104. The molecule has 17 heavy (non-hydrogen) atoms. The molecule has 0 unspecified atom stereocenters. The molecule has 0 amide bonds. The van der Waals surface area contributed by atoms with Crippen molar-refractivity contribution in [2.75, 3.05) is 13.2 Å². The molecule has 3 nitrogen and oxygen atoms in total. The zero-order valence-electron chi connectivity index (χ0n) is 10.4. The molecular weight excluding hydrogens is 240 g/mol. The molecule has 1 atom stereocenters. The van der Waals surface area contributed by atoms with Crippen molar-refractivity contribution in [3.63, 3.8) is 0 Å². The second kappa shape index (κ2) is 6.84. The number of halogens is 1. The third-order valence-electron chi connectivity index (χ3n) is 2.21. The van der Waals surface area contributed by atoms with Crippen LogP contribution < -0.4 is 4.74 Å². The van der Waals surface area contributed by atoms with Crippen LogP contribution in [-0.2, 0) is 4.74 Å². The number of hydrogen-bond acceptors (Lipinski definition) is 3. The van der Waals surface area contributed by atoms with Gasteiger partial charge in [0.2, 0.25) is 0 Å². The average Bonchev–Trinajstić information content (AvgIpc) is 2.28. The van der Waals surface area contributed by atoms with Crippen molar-refractivity contribution < 1.29 is 14.6 Å². The normalized spacial score (nSPS) is 12.8. The maximum absolute atomic E-state index is 9.63. The first-order valence-corrected chi connectivity index (χ1v) is 6.06. The van der Waals surface area contributed by atoms with E-state index in [9.17, 15) is 5.11 Å². The van der Waals surface area contributed by atoms with Crippen LogP contribution >= 0.6 is 11.6 Å². The van der Waals surface area contributed by atoms with Crippen molar-refractivity contribution in [3.8, 4) is 5.75 Å². The molecule has 1 aromatic carbocycles. The van der Waals surface area contributed by atoms with E-state index in [0.29, 0.717) is 10.8 Å². The first kappa shape index (κ1) is 14.3. The Kier molecular flexibility index (Phi) is 5.75. The Morgan fingerprint density at radius 3 is 2.65 bits per heavy atom. The molecular formula is C13H19ClO3. The summed E-state index contributed by atoms with van der Waals surface area (Å²) in [5.74, 6) is 0.593. The molecule has 0 saturated carbocycles. The molecule has 0 aromatic heterocycles. The van der Waals surface area contributed by atoms with Gasteiger partial charge in [-0.05, 0) is 32.4 Å². The fourth-order valence-electron chi connectivity index (χ4n) is 1.27. The second-order valence-corrected chi connectivity index (χ2v) is 4.61. The van der Waals surface area contributed by atoms with Gasteiger partial charge in [-0.3, -0.25) is 0 Å². The van der Waals surface area contributed by atoms with Gasteiger partial charge in [-0.1, -0.05) is 23.7 Å². The third-order valence-corrected chi connectivity index (χ3v) is 2.69. The summed E-state index contributed by atoms with van der Waals surface area (Å²) in [7, 11) is 0. The molecule has 1 rings (SSSR count). The van der Waals surface area contributed by atoms with E-state index in [1.807, 2.05) is 32.9 Å². The highest BCUT2D eigenvalue weighted by molar-refractivity contribution is 6.32. The fraction of sp³-hybridized carbons (Fsp3) is 0.538. The van der Waals surface area contributed by atoms with Crippen molar-refractivity contribution in [2.45, 2.75) is 33.0 Å². The number of aliphatic hydroxyl groups is 1. The highest BCUT2D eigenvalue weighted by Crippen LogP contribution is 2.27. The number of hydrogen-bond donors (Lipinski definition) is 1. The molecule has 0 bridgehead atoms. The zero-order valence-corrected chi connectivity index (χ0v) is 11.2. The topological polar surface area (TPSA) is 38.7 Å². The summed E-state index contributed by atoms with van der Waals surface area (Å²) in [6.45, 7) is 6.19. The van der Waals surface area contributed by atoms with E-state index in [0.717, 1.165) is 5.56 Å². The molecule has 0 fully saturated rings. The van der Waals surface area contributed by atoms with Crippen LogP contribution in [0.1, 0.15) is 19.4 Å². The summed E-state index contributed by atoms with van der Waals surface area (Å²) in [5, 5.41) is 10.2. The predicted molar refractivity (Wildman–Crippen MR) is 68.8 cm³/mol. The molecule has 0 aliphatic heterocycles. The van der Waals surface area contributed by atoms with Crippen molar-refractivity contribution in [1.82, 2.24) is 0 Å². The van der Waals surface area contributed by atoms with E-state index in [4.69, 9.17) is 21.1 Å². The van der Waals surface area contributed by atoms with E-state index in [1.165, 1.54) is 0 Å². The highest BCUT2D eigenvalue weighted by Gasteiger charge is 2.09. The summed E-state index contributed by atoms with van der Waals surface area (Å²) >= 11 is 6.07. The van der Waals surface area contributed by atoms with Crippen molar-refractivity contribution in [1.29, 1.82) is 0 Å². The molecule has 0 aliphatic rings. The molecule has 0 heterocycles. The van der Waals surface area contributed by atoms with Gasteiger partial charge in [-0.15, -0.1) is 0 Å². The van der Waals surface area contributed by atoms with E-state index >= 15 is 0 Å². The minimum atomic E-state index is -0.644. The zero-order chi connectivity index (χ0) is 12.8. The summed E-state index contributed by atoms with van der Waals surface area (Å²) in [5.41, 5.74) is 0.956. The molecule has 0 saturated heterocycles. The van der Waals surface area contributed by atoms with E-state index < -0.39 is 6.10 Å². The third kappa shape index (κ3) is 4.94. The van der Waals surface area contributed by atoms with Gasteiger partial charge in [0.1, 0.15) is 18.5 Å². The molecule has 0 aliphatic carbocycles. The first-order valence-electron chi connectivity index (χ1n) is 5.68. The number of benzene rings is 1. The summed E-state index contributed by atoms with van der Waals surface area (Å²) in [6.07, 6.45) is -0.541. The van der Waals surface area contributed by atoms with Crippen LogP contribution in [0.3, 0.4) is 0 Å². The van der Waals surface area contributed by atoms with Gasteiger partial charge in [0.15, 0.2) is 0 Å². The lowest BCUT2D eigenvalue weighted by Gasteiger charge is -2.15. The Bertz CT molecular complexity index is 353. The van der Waals surface area contributed by atoms with Crippen molar-refractivity contribution in [2.24, 2.45) is 0 Å². The van der Waals surface area contributed by atoms with Gasteiger partial charge in [-0.25, -0.2) is 0 Å². The maximum atomic E-state index is 9.63. The van der Waals surface area contributed by atoms with Crippen LogP contribution in [0.25, 0.3) is 0 Å². The van der Waals surface area contributed by atoms with Gasteiger partial charge < -0.3 is 14.6 Å². The molecule has 0 radical (unpaired) electrons. The van der Waals surface area contributed by atoms with Crippen LogP contribution in [0.5, 0.6) is 5.75 Å². The Hall–Kier alpha value is -0.770. The highest BCUT2D eigenvalue weighted by atomic mass is 35.5. The SMILES string of the molecule is Cc1cccc(OC[C@H](O)COC(C)C)c1Cl. The van der Waals surface area contributed by atoms with Crippen molar-refractivity contribution in [3.05, 3.63) is 28.8 Å². The standard InChI is InChI=1S/C13H19ClO3/c1-9(2)16-7-11(15)8-17-12-6-4-5-10(3)13(12)14/h4-6,9,11,15H,7-8H2,1-3H3/t11-/m1/s1. The van der Waals surface area contributed by atoms with Crippen LogP contribution in [0.15, 0.2) is 18.2 Å². The van der Waals surface area contributed by atoms with Crippen LogP contribution in [0.4, 0.5) is 0 Å². The quantitative estimate of drug-likeness (QED) is 0.853. The van der Waals surface area contributed by atoms with Crippen LogP contribution in [-0.4, -0.2) is 30.5 Å². The first-order chi connectivity index (χ1) is 8.00. The number of rotatable bonds is 6. The Labute approximate surface area is 107 Å². The summed E-state index contributed by atoms with van der Waals surface area (Å²) < 4.78 is 10.7. The number of aryl methyl sites for hydroxylation is 1. The number of aliphatic hydroxyl groups excluding tert-OH is 1. The van der Waals surface area contributed by atoms with E-state index in [2.05, 4.69) is 0 Å². The Morgan fingerprint density at radius 1 is 1.29 bits per heavy atom. The average molecular weight is 259 g/mol. The molecule has 1 N–H and O–H groups in total. The fourth-order valence-corrected chi connectivity index (χ4v) is 1.45. The van der Waals surface area contributed by atoms with Crippen LogP contribution in [0, 0.1) is 6.92 Å². The van der Waals surface area contributed by atoms with Gasteiger partial charge in [0.25, 0.3) is 0 Å². The minimum Gasteiger partial charge on any atom is -0.489 e. The van der Waals surface area contributed by atoms with E-state index in [1.54, 1.807) is 6.07 Å². The Balaban J connectivity index is 2.42. The monoisotopic (exact) mass is 258 g/mol. The molecule has 0 spiro atoms. The molecule has 96 valence electrons. The van der Waals surface area contributed by atoms with Gasteiger partial charge >= 0.3 is 0 Å². The maximum Gasteiger partial charge on any atom is 0.138 e. The molecule has 4 heteroatoms. The van der Waals surface area contributed by atoms with Crippen LogP contribution in [0.2, 0.25) is 5.02 Å². The van der Waals surface area contributed by atoms with Crippen molar-refractivity contribution >= 4 is 11.6 Å². The Morgan fingerprint density at radius 2 is 2.00 bits per heavy atom. The summed E-state index contributed by atoms with van der Waals surface area (Å²) in [4.78, 5) is 0. The largest absolute Gasteiger partial charge is 0.489 e.